The van der Waals surface area contributed by atoms with E-state index in [1.54, 1.807) is 7.05 Å². The predicted octanol–water partition coefficient (Wildman–Crippen LogP) is 0.0509. The third-order valence-electron chi connectivity index (χ3n) is 2.52. The van der Waals surface area contributed by atoms with Crippen LogP contribution in [0, 0.1) is 10.1 Å². The van der Waals surface area contributed by atoms with E-state index >= 15 is 0 Å². The van der Waals surface area contributed by atoms with Crippen LogP contribution < -0.4 is 15.4 Å². The number of hydrogen-bond acceptors (Lipinski definition) is 6. The summed E-state index contributed by atoms with van der Waals surface area (Å²) in [5.74, 6) is -0.293. The summed E-state index contributed by atoms with van der Waals surface area (Å²) in [6.07, 6.45) is 0. The van der Waals surface area contributed by atoms with Gasteiger partial charge in [-0.1, -0.05) is 0 Å². The van der Waals surface area contributed by atoms with Gasteiger partial charge in [-0.2, -0.15) is 0 Å². The molecule has 0 aromatic heterocycles. The number of carbonyl (C=O) groups is 1. The minimum atomic E-state index is -4.03. The number of sulfonamides is 1. The first-order valence-corrected chi connectivity index (χ1v) is 7.46. The monoisotopic (exact) mass is 316 g/mol. The van der Waals surface area contributed by atoms with E-state index in [1.165, 1.54) is 13.0 Å². The van der Waals surface area contributed by atoms with Crippen molar-refractivity contribution in [3.8, 4) is 0 Å². The lowest BCUT2D eigenvalue weighted by atomic mass is 10.3. The molecule has 0 heterocycles. The second-order valence-corrected chi connectivity index (χ2v) is 5.81. The van der Waals surface area contributed by atoms with Crippen molar-refractivity contribution in [2.45, 2.75) is 11.8 Å². The van der Waals surface area contributed by atoms with E-state index < -0.39 is 25.5 Å². The molecule has 1 aromatic carbocycles. The number of nitrogens with zero attached hydrogens (tertiary/aromatic N) is 1. The Hall–Kier alpha value is -2.20. The summed E-state index contributed by atoms with van der Waals surface area (Å²) in [7, 11) is -2.46. The van der Waals surface area contributed by atoms with Gasteiger partial charge in [0, 0.05) is 38.8 Å². The zero-order valence-electron chi connectivity index (χ0n) is 11.5. The number of carbonyl (C=O) groups excluding carboxylic acids is 1. The zero-order valence-corrected chi connectivity index (χ0v) is 12.4. The smallest absolute Gasteiger partial charge is 0.291 e. The highest BCUT2D eigenvalue weighted by atomic mass is 32.2. The molecule has 0 bridgehead atoms. The van der Waals surface area contributed by atoms with Crippen molar-refractivity contribution in [1.82, 2.24) is 10.0 Å². The summed E-state index contributed by atoms with van der Waals surface area (Å²) in [6, 6.07) is 3.72. The Morgan fingerprint density at radius 1 is 1.33 bits per heavy atom. The summed E-state index contributed by atoms with van der Waals surface area (Å²) in [5, 5.41) is 16.1. The predicted molar refractivity (Wildman–Crippen MR) is 76.5 cm³/mol. The maximum Gasteiger partial charge on any atom is 0.291 e. The Morgan fingerprint density at radius 3 is 2.52 bits per heavy atom. The molecular weight excluding hydrogens is 300 g/mol. The van der Waals surface area contributed by atoms with E-state index in [0.717, 1.165) is 12.1 Å². The van der Waals surface area contributed by atoms with Gasteiger partial charge in [0.25, 0.3) is 5.69 Å². The highest BCUT2D eigenvalue weighted by molar-refractivity contribution is 7.89. The van der Waals surface area contributed by atoms with Gasteiger partial charge in [0.15, 0.2) is 4.90 Å². The normalized spacial score (nSPS) is 11.0. The standard InChI is InChI=1S/C11H16N4O5S/c1-8(16)13-5-6-14-21(19,20)11-4-3-9(12-2)7-10(11)15(17)18/h3-4,7,12,14H,5-6H2,1-2H3,(H,13,16). The number of nitro groups is 1. The second-order valence-electron chi connectivity index (χ2n) is 4.07. The van der Waals surface area contributed by atoms with E-state index in [9.17, 15) is 23.3 Å². The van der Waals surface area contributed by atoms with Gasteiger partial charge >= 0.3 is 0 Å². The molecule has 3 N–H and O–H groups in total. The summed E-state index contributed by atoms with van der Waals surface area (Å²) in [4.78, 5) is 20.5. The van der Waals surface area contributed by atoms with Crippen molar-refractivity contribution in [2.75, 3.05) is 25.5 Å². The molecule has 0 fully saturated rings. The molecule has 1 aromatic rings. The molecule has 0 aliphatic heterocycles. The molecule has 0 saturated heterocycles. The third-order valence-corrected chi connectivity index (χ3v) is 4.03. The molecule has 1 rings (SSSR count). The van der Waals surface area contributed by atoms with E-state index in [0.29, 0.717) is 5.69 Å². The molecule has 9 nitrogen and oxygen atoms in total. The van der Waals surface area contributed by atoms with E-state index in [-0.39, 0.29) is 19.0 Å². The van der Waals surface area contributed by atoms with Crippen LogP contribution in [-0.2, 0) is 14.8 Å². The van der Waals surface area contributed by atoms with Gasteiger partial charge in [-0.25, -0.2) is 13.1 Å². The van der Waals surface area contributed by atoms with Crippen LogP contribution in [0.3, 0.4) is 0 Å². The van der Waals surface area contributed by atoms with E-state index in [4.69, 9.17) is 0 Å². The van der Waals surface area contributed by atoms with Crippen LogP contribution in [0.2, 0.25) is 0 Å². The Labute approximate surface area is 121 Å². The Morgan fingerprint density at radius 2 is 2.00 bits per heavy atom. The molecule has 0 unspecified atom stereocenters. The fourth-order valence-corrected chi connectivity index (χ4v) is 2.73. The molecule has 0 radical (unpaired) electrons. The SMILES string of the molecule is CNc1ccc(S(=O)(=O)NCCNC(C)=O)c([N+](=O)[O-])c1. The van der Waals surface area contributed by atoms with Crippen LogP contribution in [0.15, 0.2) is 23.1 Å². The van der Waals surface area contributed by atoms with Crippen LogP contribution in [0.1, 0.15) is 6.92 Å². The van der Waals surface area contributed by atoms with Gasteiger partial charge < -0.3 is 10.6 Å². The molecule has 10 heteroatoms. The Kier molecular flexibility index (Phi) is 5.61. The van der Waals surface area contributed by atoms with Crippen molar-refractivity contribution >= 4 is 27.3 Å². The number of hydrogen-bond donors (Lipinski definition) is 3. The van der Waals surface area contributed by atoms with E-state index in [2.05, 4.69) is 15.4 Å². The summed E-state index contributed by atoms with van der Waals surface area (Å²) < 4.78 is 26.3. The minimum Gasteiger partial charge on any atom is -0.388 e. The molecule has 0 spiro atoms. The maximum absolute atomic E-state index is 12.1. The topological polar surface area (TPSA) is 130 Å². The minimum absolute atomic E-state index is 0.0627. The molecule has 0 saturated carbocycles. The highest BCUT2D eigenvalue weighted by Crippen LogP contribution is 2.26. The van der Waals surface area contributed by atoms with Gasteiger partial charge in [-0.15, -0.1) is 0 Å². The molecule has 21 heavy (non-hydrogen) atoms. The molecule has 0 aliphatic rings. The molecular formula is C11H16N4O5S. The average Bonchev–Trinajstić information content (AvgIpc) is 2.42. The van der Waals surface area contributed by atoms with E-state index in [1.807, 2.05) is 0 Å². The van der Waals surface area contributed by atoms with Crippen molar-refractivity contribution in [1.29, 1.82) is 0 Å². The van der Waals surface area contributed by atoms with Crippen molar-refractivity contribution in [3.63, 3.8) is 0 Å². The maximum atomic E-state index is 12.1. The van der Waals surface area contributed by atoms with Gasteiger partial charge in [-0.05, 0) is 12.1 Å². The second kappa shape index (κ2) is 6.99. The van der Waals surface area contributed by atoms with Crippen LogP contribution in [0.25, 0.3) is 0 Å². The van der Waals surface area contributed by atoms with Gasteiger partial charge in [-0.3, -0.25) is 14.9 Å². The fraction of sp³-hybridized carbons (Fsp3) is 0.364. The largest absolute Gasteiger partial charge is 0.388 e. The number of anilines is 1. The zero-order chi connectivity index (χ0) is 16.0. The molecule has 0 aliphatic carbocycles. The van der Waals surface area contributed by atoms with Gasteiger partial charge in [0.1, 0.15) is 0 Å². The molecule has 1 amide bonds. The highest BCUT2D eigenvalue weighted by Gasteiger charge is 2.25. The lowest BCUT2D eigenvalue weighted by molar-refractivity contribution is -0.387. The average molecular weight is 316 g/mol. The summed E-state index contributed by atoms with van der Waals surface area (Å²) in [6.45, 7) is 1.33. The molecule has 0 atom stereocenters. The number of nitro benzene ring substituents is 1. The number of nitrogens with one attached hydrogen (secondary N) is 3. The number of rotatable bonds is 7. The lowest BCUT2D eigenvalue weighted by Crippen LogP contribution is -2.33. The van der Waals surface area contributed by atoms with Crippen LogP contribution >= 0.6 is 0 Å². The van der Waals surface area contributed by atoms with Gasteiger partial charge in [0.2, 0.25) is 15.9 Å². The number of benzene rings is 1. The van der Waals surface area contributed by atoms with Crippen LogP contribution in [-0.4, -0.2) is 39.4 Å². The molecule has 116 valence electrons. The fourth-order valence-electron chi connectivity index (χ4n) is 1.54. The Bertz CT molecular complexity index is 644. The quantitative estimate of drug-likeness (QED) is 0.370. The van der Waals surface area contributed by atoms with Crippen molar-refractivity contribution in [2.24, 2.45) is 0 Å². The first-order valence-electron chi connectivity index (χ1n) is 5.98. The van der Waals surface area contributed by atoms with Gasteiger partial charge in [0.05, 0.1) is 4.92 Å². The number of amides is 1. The summed E-state index contributed by atoms with van der Waals surface area (Å²) >= 11 is 0. The lowest BCUT2D eigenvalue weighted by Gasteiger charge is -2.09. The van der Waals surface area contributed by atoms with Crippen LogP contribution in [0.5, 0.6) is 0 Å². The van der Waals surface area contributed by atoms with Crippen molar-refractivity contribution in [3.05, 3.63) is 28.3 Å². The third kappa shape index (κ3) is 4.68. The first kappa shape index (κ1) is 16.9. The van der Waals surface area contributed by atoms with Crippen LogP contribution in [0.4, 0.5) is 11.4 Å². The Balaban J connectivity index is 2.97. The first-order chi connectivity index (χ1) is 9.77. The van der Waals surface area contributed by atoms with Crippen molar-refractivity contribution < 1.29 is 18.1 Å². The summed E-state index contributed by atoms with van der Waals surface area (Å²) in [5.41, 5.74) is -0.0900.